The van der Waals surface area contributed by atoms with Gasteiger partial charge in [-0.2, -0.15) is 5.10 Å². The number of hydrogen-bond acceptors (Lipinski definition) is 5. The molecule has 0 bridgehead atoms. The monoisotopic (exact) mass is 391 g/mol. The van der Waals surface area contributed by atoms with Gasteiger partial charge in [-0.3, -0.25) is 9.48 Å². The number of nitrogens with zero attached hydrogens (tertiary/aromatic N) is 4. The van der Waals surface area contributed by atoms with E-state index in [4.69, 9.17) is 28.3 Å². The summed E-state index contributed by atoms with van der Waals surface area (Å²) in [5.74, 6) is 0.408. The highest BCUT2D eigenvalue weighted by molar-refractivity contribution is 6.36. The number of aliphatic hydroxyl groups is 1. The zero-order chi connectivity index (χ0) is 18.3. The maximum absolute atomic E-state index is 12.5. The predicted molar refractivity (Wildman–Crippen MR) is 98.3 cm³/mol. The first kappa shape index (κ1) is 17.2. The maximum Gasteiger partial charge on any atom is 0.229 e. The minimum absolute atomic E-state index is 0.0346. The van der Waals surface area contributed by atoms with Crippen LogP contribution in [0.1, 0.15) is 17.9 Å². The van der Waals surface area contributed by atoms with Crippen molar-refractivity contribution < 1.29 is 9.90 Å². The Hall–Kier alpha value is -2.22. The zero-order valence-corrected chi connectivity index (χ0v) is 15.1. The molecule has 0 aliphatic heterocycles. The highest BCUT2D eigenvalue weighted by atomic mass is 35.5. The van der Waals surface area contributed by atoms with Crippen molar-refractivity contribution in [2.75, 3.05) is 11.9 Å². The van der Waals surface area contributed by atoms with Crippen molar-refractivity contribution in [2.24, 2.45) is 5.92 Å². The maximum atomic E-state index is 12.5. The molecule has 3 heterocycles. The number of aliphatic hydroxyl groups excluding tert-OH is 1. The molecule has 3 aromatic heterocycles. The van der Waals surface area contributed by atoms with Crippen LogP contribution in [-0.4, -0.2) is 37.4 Å². The van der Waals surface area contributed by atoms with Gasteiger partial charge in [0.15, 0.2) is 0 Å². The molecule has 0 unspecified atom stereocenters. The van der Waals surface area contributed by atoms with Crippen molar-refractivity contribution in [3.63, 3.8) is 0 Å². The molecule has 1 saturated carbocycles. The van der Waals surface area contributed by atoms with Crippen molar-refractivity contribution in [1.29, 1.82) is 0 Å². The number of amides is 1. The second-order valence-electron chi connectivity index (χ2n) is 6.22. The molecule has 7 nitrogen and oxygen atoms in total. The summed E-state index contributed by atoms with van der Waals surface area (Å²) in [7, 11) is 0. The number of hydrogen-bond donors (Lipinski definition) is 2. The van der Waals surface area contributed by atoms with Crippen LogP contribution in [0.5, 0.6) is 0 Å². The fourth-order valence-corrected chi connectivity index (χ4v) is 3.51. The fourth-order valence-electron chi connectivity index (χ4n) is 3.01. The first-order valence-corrected chi connectivity index (χ1v) is 8.86. The molecule has 1 amide bonds. The van der Waals surface area contributed by atoms with E-state index in [0.29, 0.717) is 17.7 Å². The lowest BCUT2D eigenvalue weighted by Crippen LogP contribution is -2.15. The minimum atomic E-state index is -0.108. The minimum Gasteiger partial charge on any atom is -0.394 e. The Balaban J connectivity index is 1.46. The third-order valence-corrected chi connectivity index (χ3v) is 4.91. The summed E-state index contributed by atoms with van der Waals surface area (Å²) in [5, 5.41) is 18.0. The lowest BCUT2D eigenvalue weighted by molar-refractivity contribution is -0.117. The predicted octanol–water partition coefficient (Wildman–Crippen LogP) is 2.87. The fraction of sp³-hybridized carbons (Fsp3) is 0.294. The first-order valence-electron chi connectivity index (χ1n) is 8.11. The molecule has 0 spiro atoms. The van der Waals surface area contributed by atoms with E-state index < -0.39 is 0 Å². The molecule has 2 atom stereocenters. The van der Waals surface area contributed by atoms with Crippen LogP contribution >= 0.6 is 23.2 Å². The quantitative estimate of drug-likeness (QED) is 0.652. The molecule has 2 N–H and O–H groups in total. The van der Waals surface area contributed by atoms with Crippen molar-refractivity contribution >= 4 is 45.7 Å². The Morgan fingerprint density at radius 3 is 3.00 bits per heavy atom. The van der Waals surface area contributed by atoms with Crippen LogP contribution in [0.2, 0.25) is 10.3 Å². The summed E-state index contributed by atoms with van der Waals surface area (Å²) in [6, 6.07) is 3.40. The number of carbonyl (C=O) groups excluding carboxylic acids is 1. The topological polar surface area (TPSA) is 92.9 Å². The summed E-state index contributed by atoms with van der Waals surface area (Å²) in [4.78, 5) is 20.7. The van der Waals surface area contributed by atoms with Gasteiger partial charge < -0.3 is 10.4 Å². The van der Waals surface area contributed by atoms with Crippen LogP contribution < -0.4 is 5.32 Å². The van der Waals surface area contributed by atoms with E-state index in [2.05, 4.69) is 20.4 Å². The van der Waals surface area contributed by atoms with Crippen LogP contribution in [0.3, 0.4) is 0 Å². The molecule has 1 aliphatic carbocycles. The van der Waals surface area contributed by atoms with E-state index in [1.54, 1.807) is 29.2 Å². The lowest BCUT2D eigenvalue weighted by atomic mass is 10.2. The smallest absolute Gasteiger partial charge is 0.229 e. The molecule has 134 valence electrons. The van der Waals surface area contributed by atoms with Crippen molar-refractivity contribution in [2.45, 2.75) is 18.9 Å². The molecular formula is C17H15Cl2N5O2. The third kappa shape index (κ3) is 3.38. The molecule has 1 aliphatic rings. The molecule has 0 saturated heterocycles. The number of carbonyl (C=O) groups is 1. The highest BCUT2D eigenvalue weighted by Gasteiger charge is 2.44. The number of aromatic nitrogens is 4. The molecular weight excluding hydrogens is 377 g/mol. The first-order chi connectivity index (χ1) is 12.5. The Morgan fingerprint density at radius 2 is 2.19 bits per heavy atom. The van der Waals surface area contributed by atoms with Crippen molar-refractivity contribution in [3.8, 4) is 0 Å². The van der Waals surface area contributed by atoms with Gasteiger partial charge in [0.1, 0.15) is 16.1 Å². The molecule has 0 radical (unpaired) electrons. The molecule has 9 heteroatoms. The number of halogens is 2. The van der Waals surface area contributed by atoms with E-state index >= 15 is 0 Å². The van der Waals surface area contributed by atoms with Crippen LogP contribution in [-0.2, 0) is 11.3 Å². The molecule has 0 aromatic carbocycles. The Morgan fingerprint density at radius 1 is 1.35 bits per heavy atom. The molecule has 3 aromatic rings. The number of fused-ring (bicyclic) bond motifs is 1. The number of nitrogens with one attached hydrogen (secondary N) is 1. The zero-order valence-electron chi connectivity index (χ0n) is 13.6. The van der Waals surface area contributed by atoms with E-state index in [-0.39, 0.29) is 34.7 Å². The Kier molecular flexibility index (Phi) is 4.52. The van der Waals surface area contributed by atoms with E-state index in [9.17, 15) is 4.79 Å². The van der Waals surface area contributed by atoms with E-state index in [1.165, 1.54) is 0 Å². The molecule has 26 heavy (non-hydrogen) atoms. The highest BCUT2D eigenvalue weighted by Crippen LogP contribution is 2.47. The van der Waals surface area contributed by atoms with Gasteiger partial charge in [0.2, 0.25) is 5.91 Å². The average Bonchev–Trinajstić information content (AvgIpc) is 3.27. The van der Waals surface area contributed by atoms with Gasteiger partial charge in [0.25, 0.3) is 0 Å². The van der Waals surface area contributed by atoms with Crippen LogP contribution in [0.25, 0.3) is 10.8 Å². The van der Waals surface area contributed by atoms with Crippen LogP contribution in [0.15, 0.2) is 30.7 Å². The van der Waals surface area contributed by atoms with Crippen LogP contribution in [0, 0.1) is 5.92 Å². The van der Waals surface area contributed by atoms with Gasteiger partial charge in [-0.15, -0.1) is 0 Å². The second kappa shape index (κ2) is 6.83. The summed E-state index contributed by atoms with van der Waals surface area (Å²) in [6.45, 7) is 0.484. The normalized spacial score (nSPS) is 18.9. The van der Waals surface area contributed by atoms with Crippen LogP contribution in [0.4, 0.5) is 5.82 Å². The van der Waals surface area contributed by atoms with Gasteiger partial charge in [-0.05, 0) is 35.4 Å². The second-order valence-corrected chi connectivity index (χ2v) is 6.97. The van der Waals surface area contributed by atoms with Crippen molar-refractivity contribution in [3.05, 3.63) is 46.6 Å². The van der Waals surface area contributed by atoms with Gasteiger partial charge in [-0.25, -0.2) is 9.97 Å². The number of rotatable bonds is 5. The van der Waals surface area contributed by atoms with Gasteiger partial charge in [-0.1, -0.05) is 23.2 Å². The largest absolute Gasteiger partial charge is 0.394 e. The van der Waals surface area contributed by atoms with E-state index in [1.807, 2.05) is 6.20 Å². The summed E-state index contributed by atoms with van der Waals surface area (Å²) >= 11 is 12.0. The average molecular weight is 392 g/mol. The molecule has 4 rings (SSSR count). The Bertz CT molecular complexity index is 990. The van der Waals surface area contributed by atoms with Gasteiger partial charge >= 0.3 is 0 Å². The Labute approximate surface area is 159 Å². The standard InChI is InChI=1S/C17H15Cl2N5O2/c18-14-3-9-4-15(20-7-13(9)16(19)22-14)23-17(26)12-5-11(12)10-6-21-24(8-10)1-2-25/h3-4,6-8,11-12,25H,1-2,5H2,(H,20,23,26)/t11-,12+/m1/s1. The SMILES string of the molecule is O=C(Nc1cc2cc(Cl)nc(Cl)c2cn1)[C@H]1C[C@@H]1c1cnn(CCO)c1. The third-order valence-electron chi connectivity index (χ3n) is 4.43. The lowest BCUT2D eigenvalue weighted by Gasteiger charge is -2.06. The summed E-state index contributed by atoms with van der Waals surface area (Å²) < 4.78 is 1.68. The molecule has 1 fully saturated rings. The van der Waals surface area contributed by atoms with Crippen molar-refractivity contribution in [1.82, 2.24) is 19.7 Å². The van der Waals surface area contributed by atoms with Gasteiger partial charge in [0, 0.05) is 23.7 Å². The van der Waals surface area contributed by atoms with E-state index in [0.717, 1.165) is 17.4 Å². The summed E-state index contributed by atoms with van der Waals surface area (Å²) in [6.07, 6.45) is 5.96. The van der Waals surface area contributed by atoms with Gasteiger partial charge in [0.05, 0.1) is 19.3 Å². The summed E-state index contributed by atoms with van der Waals surface area (Å²) in [5.41, 5.74) is 1.01. The number of anilines is 1. The number of pyridine rings is 2.